The van der Waals surface area contributed by atoms with E-state index in [1.165, 1.54) is 37.3 Å². The third kappa shape index (κ3) is 8.38. The summed E-state index contributed by atoms with van der Waals surface area (Å²) in [5.41, 5.74) is 2.40. The molecule has 0 aromatic heterocycles. The maximum atomic E-state index is 12.4. The molecule has 38 heavy (non-hydrogen) atoms. The van der Waals surface area contributed by atoms with Gasteiger partial charge in [-0.05, 0) is 50.2 Å². The van der Waals surface area contributed by atoms with Crippen LogP contribution in [0.4, 0.5) is 5.69 Å². The zero-order chi connectivity index (χ0) is 27.7. The fourth-order valence-electron chi connectivity index (χ4n) is 3.35. The van der Waals surface area contributed by atoms with Gasteiger partial charge in [0.25, 0.3) is 0 Å². The van der Waals surface area contributed by atoms with E-state index in [0.717, 1.165) is 5.56 Å². The van der Waals surface area contributed by atoms with Gasteiger partial charge in [-0.3, -0.25) is 19.2 Å². The molecule has 0 bridgehead atoms. The molecule has 0 saturated heterocycles. The summed E-state index contributed by atoms with van der Waals surface area (Å²) in [6.45, 7) is 2.97. The summed E-state index contributed by atoms with van der Waals surface area (Å²) in [6.07, 6.45) is -1.41. The van der Waals surface area contributed by atoms with Crippen LogP contribution in [0.25, 0.3) is 0 Å². The Morgan fingerprint density at radius 3 is 2.16 bits per heavy atom. The molecule has 3 aromatic carbocycles. The van der Waals surface area contributed by atoms with Crippen LogP contribution >= 0.6 is 11.6 Å². The summed E-state index contributed by atoms with van der Waals surface area (Å²) in [6, 6.07) is 19.1. The lowest BCUT2D eigenvalue weighted by atomic mass is 10.1. The Morgan fingerprint density at radius 1 is 0.842 bits per heavy atom. The van der Waals surface area contributed by atoms with Crippen molar-refractivity contribution in [2.75, 3.05) is 11.9 Å². The van der Waals surface area contributed by atoms with Crippen LogP contribution in [-0.4, -0.2) is 42.1 Å². The number of halogens is 1. The molecule has 196 valence electrons. The largest absolute Gasteiger partial charge is 0.454 e. The van der Waals surface area contributed by atoms with Gasteiger partial charge in [0.05, 0.1) is 12.0 Å². The number of esters is 2. The molecule has 1 amide bonds. The predicted octanol–water partition coefficient (Wildman–Crippen LogP) is 5.22. The molecule has 0 aliphatic heterocycles. The Bertz CT molecular complexity index is 1330. The van der Waals surface area contributed by atoms with Crippen LogP contribution in [0, 0.1) is 6.92 Å². The zero-order valence-electron chi connectivity index (χ0n) is 20.9. The summed E-state index contributed by atoms with van der Waals surface area (Å²) < 4.78 is 10.2. The summed E-state index contributed by atoms with van der Waals surface area (Å²) in [4.78, 5) is 61.1. The number of benzene rings is 3. The topological polar surface area (TPSA) is 116 Å². The number of ether oxygens (including phenoxy) is 2. The Hall–Kier alpha value is -4.30. The quantitative estimate of drug-likeness (QED) is 0.264. The Labute approximate surface area is 224 Å². The Balaban J connectivity index is 1.41. The van der Waals surface area contributed by atoms with Gasteiger partial charge in [0.2, 0.25) is 11.7 Å². The molecule has 3 rings (SSSR count). The third-order valence-electron chi connectivity index (χ3n) is 5.46. The first-order chi connectivity index (χ1) is 18.1. The monoisotopic (exact) mass is 535 g/mol. The number of carbonyl (C=O) groups excluding carboxylic acids is 5. The van der Waals surface area contributed by atoms with Crippen molar-refractivity contribution < 1.29 is 33.4 Å². The highest BCUT2D eigenvalue weighted by molar-refractivity contribution is 6.31. The van der Waals surface area contributed by atoms with Crippen molar-refractivity contribution in [3.05, 3.63) is 100 Å². The highest BCUT2D eigenvalue weighted by atomic mass is 35.5. The molecule has 3 aromatic rings. The minimum Gasteiger partial charge on any atom is -0.454 e. The van der Waals surface area contributed by atoms with E-state index in [2.05, 4.69) is 5.32 Å². The third-order valence-corrected chi connectivity index (χ3v) is 5.69. The predicted molar refractivity (Wildman–Crippen MR) is 141 cm³/mol. The van der Waals surface area contributed by atoms with Crippen LogP contribution < -0.4 is 5.32 Å². The Morgan fingerprint density at radius 2 is 1.50 bits per heavy atom. The van der Waals surface area contributed by atoms with Gasteiger partial charge < -0.3 is 14.8 Å². The number of rotatable bonds is 11. The van der Waals surface area contributed by atoms with Gasteiger partial charge in [-0.15, -0.1) is 0 Å². The number of carbonyl (C=O) groups is 5. The van der Waals surface area contributed by atoms with E-state index < -0.39 is 29.7 Å². The molecule has 9 heteroatoms. The van der Waals surface area contributed by atoms with Gasteiger partial charge in [-0.25, -0.2) is 4.79 Å². The van der Waals surface area contributed by atoms with Gasteiger partial charge in [-0.1, -0.05) is 53.6 Å². The lowest BCUT2D eigenvalue weighted by Gasteiger charge is -2.12. The molecule has 0 fully saturated rings. The minimum atomic E-state index is -1.02. The van der Waals surface area contributed by atoms with Gasteiger partial charge in [-0.2, -0.15) is 0 Å². The molecular formula is C29H26ClNO7. The van der Waals surface area contributed by atoms with E-state index in [-0.39, 0.29) is 30.8 Å². The second-order valence-electron chi connectivity index (χ2n) is 8.50. The van der Waals surface area contributed by atoms with Crippen molar-refractivity contribution in [2.24, 2.45) is 0 Å². The van der Waals surface area contributed by atoms with Crippen LogP contribution in [0.5, 0.6) is 0 Å². The van der Waals surface area contributed by atoms with Crippen LogP contribution in [-0.2, 0) is 19.1 Å². The molecular weight excluding hydrogens is 510 g/mol. The van der Waals surface area contributed by atoms with Crippen molar-refractivity contribution in [2.45, 2.75) is 32.8 Å². The van der Waals surface area contributed by atoms with E-state index >= 15 is 0 Å². The maximum Gasteiger partial charge on any atom is 0.338 e. The number of hydrogen-bond donors (Lipinski definition) is 1. The average Bonchev–Trinajstić information content (AvgIpc) is 2.90. The van der Waals surface area contributed by atoms with Crippen molar-refractivity contribution >= 4 is 46.7 Å². The highest BCUT2D eigenvalue weighted by Crippen LogP contribution is 2.15. The standard InChI is InChI=1S/C29H26ClNO7/c1-18-6-8-20(9-7-18)25(32)17-37-29(36)21-10-12-24(13-11-21)31-26(33)14-15-27(34)38-19(2)28(35)22-4-3-5-23(30)16-22/h3-13,16,19H,14-15,17H2,1-2H3,(H,31,33)/t19-/m1/s1. The van der Waals surface area contributed by atoms with Gasteiger partial charge in [0.15, 0.2) is 18.5 Å². The molecule has 0 unspecified atom stereocenters. The van der Waals surface area contributed by atoms with E-state index in [9.17, 15) is 24.0 Å². The van der Waals surface area contributed by atoms with E-state index in [1.54, 1.807) is 42.5 Å². The number of anilines is 1. The van der Waals surface area contributed by atoms with Gasteiger partial charge in [0.1, 0.15) is 0 Å². The minimum absolute atomic E-state index is 0.165. The SMILES string of the molecule is Cc1ccc(C(=O)COC(=O)c2ccc(NC(=O)CCC(=O)O[C@H](C)C(=O)c3cccc(Cl)c3)cc2)cc1. The second kappa shape index (κ2) is 13.3. The molecule has 0 spiro atoms. The van der Waals surface area contributed by atoms with Crippen molar-refractivity contribution in [1.82, 2.24) is 0 Å². The summed E-state index contributed by atoms with van der Waals surface area (Å²) in [5, 5.41) is 3.01. The first-order valence-corrected chi connectivity index (χ1v) is 12.2. The molecule has 0 aliphatic carbocycles. The van der Waals surface area contributed by atoms with Gasteiger partial charge in [0, 0.05) is 28.3 Å². The average molecular weight is 536 g/mol. The number of amides is 1. The number of hydrogen-bond acceptors (Lipinski definition) is 7. The molecule has 0 radical (unpaired) electrons. The summed E-state index contributed by atoms with van der Waals surface area (Å²) in [5.74, 6) is -2.53. The summed E-state index contributed by atoms with van der Waals surface area (Å²) >= 11 is 5.89. The lowest BCUT2D eigenvalue weighted by molar-refractivity contribution is -0.147. The molecule has 1 N–H and O–H groups in total. The van der Waals surface area contributed by atoms with Crippen LogP contribution in [0.15, 0.2) is 72.8 Å². The molecule has 0 saturated carbocycles. The molecule has 1 atom stereocenters. The van der Waals surface area contributed by atoms with E-state index in [1.807, 2.05) is 6.92 Å². The van der Waals surface area contributed by atoms with Crippen molar-refractivity contribution in [1.29, 1.82) is 0 Å². The number of ketones is 2. The van der Waals surface area contributed by atoms with Crippen molar-refractivity contribution in [3.8, 4) is 0 Å². The number of Topliss-reactive ketones (excluding diaryl/α,β-unsaturated/α-hetero) is 2. The lowest BCUT2D eigenvalue weighted by Crippen LogP contribution is -2.25. The van der Waals surface area contributed by atoms with Crippen molar-refractivity contribution in [3.63, 3.8) is 0 Å². The zero-order valence-corrected chi connectivity index (χ0v) is 21.6. The first-order valence-electron chi connectivity index (χ1n) is 11.8. The van der Waals surface area contributed by atoms with Gasteiger partial charge >= 0.3 is 11.9 Å². The number of aryl methyl sites for hydroxylation is 1. The van der Waals surface area contributed by atoms with Crippen LogP contribution in [0.2, 0.25) is 5.02 Å². The fourth-order valence-corrected chi connectivity index (χ4v) is 3.54. The highest BCUT2D eigenvalue weighted by Gasteiger charge is 2.20. The fraction of sp³-hybridized carbons (Fsp3) is 0.207. The first kappa shape index (κ1) is 28.3. The Kier molecular flexibility index (Phi) is 9.90. The van der Waals surface area contributed by atoms with Crippen LogP contribution in [0.1, 0.15) is 56.4 Å². The number of nitrogens with one attached hydrogen (secondary N) is 1. The second-order valence-corrected chi connectivity index (χ2v) is 8.93. The molecule has 0 heterocycles. The molecule has 8 nitrogen and oxygen atoms in total. The van der Waals surface area contributed by atoms with E-state index in [0.29, 0.717) is 21.8 Å². The summed E-state index contributed by atoms with van der Waals surface area (Å²) in [7, 11) is 0. The van der Waals surface area contributed by atoms with E-state index in [4.69, 9.17) is 21.1 Å². The normalized spacial score (nSPS) is 11.2. The van der Waals surface area contributed by atoms with Crippen LogP contribution in [0.3, 0.4) is 0 Å². The smallest absolute Gasteiger partial charge is 0.338 e. The molecule has 0 aliphatic rings. The maximum absolute atomic E-state index is 12.4.